The number of thiocyanates is 1. The molecule has 0 aliphatic heterocycles. The van der Waals surface area contributed by atoms with Crippen molar-refractivity contribution in [2.75, 3.05) is 0 Å². The van der Waals surface area contributed by atoms with Gasteiger partial charge in [0, 0.05) is 5.25 Å². The predicted molar refractivity (Wildman–Crippen MR) is 65.5 cm³/mol. The molecule has 1 nitrogen and oxygen atoms in total. The van der Waals surface area contributed by atoms with Crippen molar-refractivity contribution in [2.45, 2.75) is 63.0 Å². The Morgan fingerprint density at radius 1 is 0.800 bits per heavy atom. The number of nitrogens with zero attached hydrogens (tertiary/aromatic N) is 1. The summed E-state index contributed by atoms with van der Waals surface area (Å²) < 4.78 is 0. The molecule has 2 saturated carbocycles. The normalized spacial score (nSPS) is 33.5. The van der Waals surface area contributed by atoms with Gasteiger partial charge in [0.2, 0.25) is 0 Å². The van der Waals surface area contributed by atoms with Crippen LogP contribution < -0.4 is 0 Å². The van der Waals surface area contributed by atoms with Gasteiger partial charge in [0.1, 0.15) is 5.40 Å². The number of hydrogen-bond acceptors (Lipinski definition) is 2. The molecule has 0 aromatic rings. The van der Waals surface area contributed by atoms with Crippen LogP contribution in [-0.2, 0) is 0 Å². The van der Waals surface area contributed by atoms with Gasteiger partial charge in [-0.3, -0.25) is 0 Å². The molecule has 84 valence electrons. The van der Waals surface area contributed by atoms with E-state index in [4.69, 9.17) is 5.26 Å². The Balaban J connectivity index is 1.75. The standard InChI is InChI=1S/C13H21NS/c14-10-15-13-8-6-12(7-9-13)11-4-2-1-3-5-11/h11-13H,1-9H2. The summed E-state index contributed by atoms with van der Waals surface area (Å²) >= 11 is 1.51. The molecule has 0 radical (unpaired) electrons. The van der Waals surface area contributed by atoms with Crippen molar-refractivity contribution in [1.82, 2.24) is 0 Å². The predicted octanol–water partition coefficient (Wildman–Crippen LogP) is 4.34. The molecule has 2 rings (SSSR count). The van der Waals surface area contributed by atoms with Gasteiger partial charge < -0.3 is 0 Å². The Hall–Kier alpha value is -0.160. The third-order valence-corrected chi connectivity index (χ3v) is 5.16. The van der Waals surface area contributed by atoms with Gasteiger partial charge in [-0.1, -0.05) is 32.1 Å². The van der Waals surface area contributed by atoms with E-state index in [-0.39, 0.29) is 0 Å². The first-order valence-corrected chi connectivity index (χ1v) is 7.33. The van der Waals surface area contributed by atoms with Crippen LogP contribution in [-0.4, -0.2) is 5.25 Å². The van der Waals surface area contributed by atoms with Crippen molar-refractivity contribution < 1.29 is 0 Å². The highest BCUT2D eigenvalue weighted by atomic mass is 32.2. The van der Waals surface area contributed by atoms with E-state index in [0.717, 1.165) is 11.8 Å². The molecular formula is C13H21NS. The average Bonchev–Trinajstić information content (AvgIpc) is 2.32. The molecule has 0 heterocycles. The van der Waals surface area contributed by atoms with E-state index in [0.29, 0.717) is 5.25 Å². The summed E-state index contributed by atoms with van der Waals surface area (Å²) in [5.74, 6) is 2.03. The molecule has 0 unspecified atom stereocenters. The van der Waals surface area contributed by atoms with Crippen LogP contribution >= 0.6 is 11.8 Å². The van der Waals surface area contributed by atoms with Crippen LogP contribution in [0.2, 0.25) is 0 Å². The minimum absolute atomic E-state index is 0.648. The summed E-state index contributed by atoms with van der Waals surface area (Å²) in [6.07, 6.45) is 12.7. The van der Waals surface area contributed by atoms with Gasteiger partial charge in [0.25, 0.3) is 0 Å². The maximum atomic E-state index is 8.65. The maximum absolute atomic E-state index is 8.65. The van der Waals surface area contributed by atoms with Crippen molar-refractivity contribution in [3.63, 3.8) is 0 Å². The summed E-state index contributed by atoms with van der Waals surface area (Å²) in [6.45, 7) is 0. The van der Waals surface area contributed by atoms with Crippen molar-refractivity contribution in [2.24, 2.45) is 11.8 Å². The second-order valence-corrected chi connectivity index (χ2v) is 6.23. The SMILES string of the molecule is N#CSC1CCC(C2CCCCC2)CC1. The van der Waals surface area contributed by atoms with E-state index >= 15 is 0 Å². The van der Waals surface area contributed by atoms with Gasteiger partial charge in [-0.15, -0.1) is 0 Å². The topological polar surface area (TPSA) is 23.8 Å². The summed E-state index contributed by atoms with van der Waals surface area (Å²) in [7, 11) is 0. The van der Waals surface area contributed by atoms with Gasteiger partial charge in [0.15, 0.2) is 0 Å². The molecule has 0 bridgehead atoms. The summed E-state index contributed by atoms with van der Waals surface area (Å²) in [4.78, 5) is 0. The molecule has 2 heteroatoms. The molecule has 0 atom stereocenters. The fraction of sp³-hybridized carbons (Fsp3) is 0.923. The lowest BCUT2D eigenvalue weighted by molar-refractivity contribution is 0.198. The Morgan fingerprint density at radius 3 is 2.00 bits per heavy atom. The lowest BCUT2D eigenvalue weighted by atomic mass is 9.73. The zero-order valence-electron chi connectivity index (χ0n) is 9.45. The Kier molecular flexibility index (Phi) is 4.38. The van der Waals surface area contributed by atoms with Crippen molar-refractivity contribution in [3.05, 3.63) is 0 Å². The highest BCUT2D eigenvalue weighted by Crippen LogP contribution is 2.40. The van der Waals surface area contributed by atoms with Crippen LogP contribution in [0.4, 0.5) is 0 Å². The summed E-state index contributed by atoms with van der Waals surface area (Å²) in [5.41, 5.74) is 0. The molecule has 2 aliphatic carbocycles. The fourth-order valence-corrected chi connectivity index (χ4v) is 4.01. The smallest absolute Gasteiger partial charge is 0.133 e. The molecule has 0 amide bonds. The number of nitriles is 1. The van der Waals surface area contributed by atoms with Crippen molar-refractivity contribution >= 4 is 11.8 Å². The first kappa shape index (κ1) is 11.3. The Bertz CT molecular complexity index is 219. The largest absolute Gasteiger partial charge is 0.185 e. The molecule has 0 aromatic carbocycles. The van der Waals surface area contributed by atoms with Gasteiger partial charge in [-0.2, -0.15) is 5.26 Å². The average molecular weight is 223 g/mol. The highest BCUT2D eigenvalue weighted by molar-refractivity contribution is 8.04. The molecule has 0 saturated heterocycles. The summed E-state index contributed by atoms with van der Waals surface area (Å²) in [5, 5.41) is 11.5. The minimum atomic E-state index is 0.648. The van der Waals surface area contributed by atoms with Gasteiger partial charge in [0.05, 0.1) is 0 Å². The number of hydrogen-bond donors (Lipinski definition) is 0. The van der Waals surface area contributed by atoms with E-state index in [2.05, 4.69) is 5.40 Å². The maximum Gasteiger partial charge on any atom is 0.133 e. The quantitative estimate of drug-likeness (QED) is 0.650. The molecule has 2 aliphatic rings. The van der Waals surface area contributed by atoms with E-state index < -0.39 is 0 Å². The first-order chi connectivity index (χ1) is 7.40. The zero-order chi connectivity index (χ0) is 10.5. The van der Waals surface area contributed by atoms with E-state index in [1.54, 1.807) is 0 Å². The van der Waals surface area contributed by atoms with Crippen LogP contribution in [0.15, 0.2) is 0 Å². The second-order valence-electron chi connectivity index (χ2n) is 5.14. The molecule has 0 spiro atoms. The monoisotopic (exact) mass is 223 g/mol. The van der Waals surface area contributed by atoms with Crippen molar-refractivity contribution in [3.8, 4) is 5.40 Å². The van der Waals surface area contributed by atoms with Crippen LogP contribution in [0, 0.1) is 22.5 Å². The van der Waals surface area contributed by atoms with E-state index in [9.17, 15) is 0 Å². The second kappa shape index (κ2) is 5.80. The molecule has 0 N–H and O–H groups in total. The van der Waals surface area contributed by atoms with Crippen molar-refractivity contribution in [1.29, 1.82) is 5.26 Å². The Labute approximate surface area is 97.6 Å². The first-order valence-electron chi connectivity index (χ1n) is 6.45. The Morgan fingerprint density at radius 2 is 1.40 bits per heavy atom. The lowest BCUT2D eigenvalue weighted by Crippen LogP contribution is -2.24. The third-order valence-electron chi connectivity index (χ3n) is 4.25. The summed E-state index contributed by atoms with van der Waals surface area (Å²) in [6, 6.07) is 0. The zero-order valence-corrected chi connectivity index (χ0v) is 10.3. The number of rotatable bonds is 2. The molecule has 0 aromatic heterocycles. The van der Waals surface area contributed by atoms with Gasteiger partial charge in [-0.25, -0.2) is 0 Å². The molecule has 15 heavy (non-hydrogen) atoms. The highest BCUT2D eigenvalue weighted by Gasteiger charge is 2.28. The number of thioether (sulfide) groups is 1. The molecule has 2 fully saturated rings. The molecular weight excluding hydrogens is 202 g/mol. The van der Waals surface area contributed by atoms with Crippen LogP contribution in [0.1, 0.15) is 57.8 Å². The minimum Gasteiger partial charge on any atom is -0.185 e. The lowest BCUT2D eigenvalue weighted by Gasteiger charge is -2.35. The van der Waals surface area contributed by atoms with Crippen LogP contribution in [0.3, 0.4) is 0 Å². The van der Waals surface area contributed by atoms with Crippen LogP contribution in [0.5, 0.6) is 0 Å². The third kappa shape index (κ3) is 3.14. The van der Waals surface area contributed by atoms with Gasteiger partial charge >= 0.3 is 0 Å². The fourth-order valence-electron chi connectivity index (χ4n) is 3.36. The van der Waals surface area contributed by atoms with E-state index in [1.807, 2.05) is 0 Å². The van der Waals surface area contributed by atoms with Crippen LogP contribution in [0.25, 0.3) is 0 Å². The van der Waals surface area contributed by atoms with E-state index in [1.165, 1.54) is 69.5 Å². The van der Waals surface area contributed by atoms with Gasteiger partial charge in [-0.05, 0) is 49.3 Å².